The number of aromatic nitrogens is 1. The Hall–Kier alpha value is -0.800. The summed E-state index contributed by atoms with van der Waals surface area (Å²) in [6, 6.07) is 1.85. The molecule has 0 atom stereocenters. The lowest BCUT2D eigenvalue weighted by molar-refractivity contribution is 0.408. The zero-order chi connectivity index (χ0) is 7.40. The molecule has 0 spiro atoms. The van der Waals surface area contributed by atoms with E-state index < -0.39 is 0 Å². The first-order chi connectivity index (χ1) is 4.88. The van der Waals surface area contributed by atoms with Crippen molar-refractivity contribution in [3.05, 3.63) is 24.0 Å². The average Bonchev–Trinajstić information content (AvgIpc) is 2.04. The molecule has 0 bridgehead atoms. The van der Waals surface area contributed by atoms with E-state index in [0.717, 1.165) is 11.3 Å². The molecule has 0 fully saturated rings. The van der Waals surface area contributed by atoms with Gasteiger partial charge < -0.3 is 10.5 Å². The van der Waals surface area contributed by atoms with E-state index in [1.807, 2.05) is 6.07 Å². The Balaban J connectivity index is 0.000001000. The molecular weight excluding hydrogens is 164 g/mol. The summed E-state index contributed by atoms with van der Waals surface area (Å²) in [7, 11) is 1.61. The monoisotopic (exact) mass is 174 g/mol. The van der Waals surface area contributed by atoms with Gasteiger partial charge in [-0.2, -0.15) is 0 Å². The van der Waals surface area contributed by atoms with Crippen molar-refractivity contribution >= 4 is 12.4 Å². The minimum absolute atomic E-state index is 0. The predicted molar refractivity (Wildman–Crippen MR) is 45.9 cm³/mol. The van der Waals surface area contributed by atoms with Crippen LogP contribution in [0.3, 0.4) is 0 Å². The third kappa shape index (κ3) is 2.37. The Morgan fingerprint density at radius 2 is 2.36 bits per heavy atom. The van der Waals surface area contributed by atoms with Gasteiger partial charge in [0, 0.05) is 18.3 Å². The second-order valence-corrected chi connectivity index (χ2v) is 1.89. The fourth-order valence-electron chi connectivity index (χ4n) is 0.761. The van der Waals surface area contributed by atoms with E-state index in [2.05, 4.69) is 4.98 Å². The van der Waals surface area contributed by atoms with Crippen LogP contribution in [-0.4, -0.2) is 12.1 Å². The van der Waals surface area contributed by atoms with Crippen molar-refractivity contribution in [1.29, 1.82) is 0 Å². The number of halogens is 1. The predicted octanol–water partition coefficient (Wildman–Crippen LogP) is 0.971. The summed E-state index contributed by atoms with van der Waals surface area (Å²) in [5.74, 6) is 0.755. The molecule has 0 aliphatic rings. The summed E-state index contributed by atoms with van der Waals surface area (Å²) in [5, 5.41) is 0. The van der Waals surface area contributed by atoms with Gasteiger partial charge in [0.2, 0.25) is 0 Å². The lowest BCUT2D eigenvalue weighted by Crippen LogP contribution is -1.99. The van der Waals surface area contributed by atoms with Crippen LogP contribution in [0.2, 0.25) is 0 Å². The number of pyridine rings is 1. The summed E-state index contributed by atoms with van der Waals surface area (Å²) in [6.45, 7) is 0.492. The molecule has 0 aliphatic carbocycles. The molecule has 3 nitrogen and oxygen atoms in total. The molecule has 1 aromatic heterocycles. The summed E-state index contributed by atoms with van der Waals surface area (Å²) < 4.78 is 4.99. The van der Waals surface area contributed by atoms with Crippen LogP contribution >= 0.6 is 12.4 Å². The van der Waals surface area contributed by atoms with Crippen molar-refractivity contribution in [1.82, 2.24) is 4.98 Å². The van der Waals surface area contributed by atoms with E-state index in [1.165, 1.54) is 0 Å². The standard InChI is InChI=1S/C7H10N2O.ClH/c1-10-7-5-9-3-2-6(7)4-8;/h2-3,5H,4,8H2,1H3;1H. The topological polar surface area (TPSA) is 48.1 Å². The second-order valence-electron chi connectivity index (χ2n) is 1.89. The normalized spacial score (nSPS) is 8.55. The Bertz CT molecular complexity index is 194. The second kappa shape index (κ2) is 4.93. The van der Waals surface area contributed by atoms with Crippen LogP contribution in [0.4, 0.5) is 0 Å². The van der Waals surface area contributed by atoms with Crippen LogP contribution in [0, 0.1) is 0 Å². The van der Waals surface area contributed by atoms with E-state index >= 15 is 0 Å². The van der Waals surface area contributed by atoms with Gasteiger partial charge in [0.15, 0.2) is 0 Å². The van der Waals surface area contributed by atoms with E-state index in [4.69, 9.17) is 10.5 Å². The molecule has 0 saturated carbocycles. The zero-order valence-electron chi connectivity index (χ0n) is 6.28. The molecule has 1 rings (SSSR count). The molecular formula is C7H11ClN2O. The Morgan fingerprint density at radius 1 is 1.64 bits per heavy atom. The van der Waals surface area contributed by atoms with Gasteiger partial charge in [-0.1, -0.05) is 0 Å². The molecule has 11 heavy (non-hydrogen) atoms. The minimum Gasteiger partial charge on any atom is -0.495 e. The van der Waals surface area contributed by atoms with Crippen molar-refractivity contribution in [3.8, 4) is 5.75 Å². The van der Waals surface area contributed by atoms with Gasteiger partial charge in [0.25, 0.3) is 0 Å². The molecule has 0 aromatic carbocycles. The lowest BCUT2D eigenvalue weighted by Gasteiger charge is -2.02. The summed E-state index contributed by atoms with van der Waals surface area (Å²) in [5.41, 5.74) is 6.40. The molecule has 2 N–H and O–H groups in total. The molecule has 0 aliphatic heterocycles. The maximum atomic E-state index is 5.42. The van der Waals surface area contributed by atoms with Gasteiger partial charge in [-0.05, 0) is 6.07 Å². The first kappa shape index (κ1) is 10.2. The largest absolute Gasteiger partial charge is 0.495 e. The van der Waals surface area contributed by atoms with Gasteiger partial charge in [0.05, 0.1) is 13.3 Å². The van der Waals surface area contributed by atoms with Gasteiger partial charge >= 0.3 is 0 Å². The highest BCUT2D eigenvalue weighted by molar-refractivity contribution is 5.85. The molecule has 1 aromatic rings. The Kier molecular flexibility index (Phi) is 4.57. The van der Waals surface area contributed by atoms with E-state index in [-0.39, 0.29) is 12.4 Å². The van der Waals surface area contributed by atoms with Crippen LogP contribution in [0.5, 0.6) is 5.75 Å². The van der Waals surface area contributed by atoms with E-state index in [1.54, 1.807) is 19.5 Å². The minimum atomic E-state index is 0. The first-order valence-electron chi connectivity index (χ1n) is 3.05. The number of methoxy groups -OCH3 is 1. The fraction of sp³-hybridized carbons (Fsp3) is 0.286. The molecule has 0 saturated heterocycles. The van der Waals surface area contributed by atoms with Crippen LogP contribution < -0.4 is 10.5 Å². The average molecular weight is 175 g/mol. The first-order valence-corrected chi connectivity index (χ1v) is 3.05. The maximum absolute atomic E-state index is 5.42. The van der Waals surface area contributed by atoms with Gasteiger partial charge in [-0.3, -0.25) is 4.98 Å². The highest BCUT2D eigenvalue weighted by atomic mass is 35.5. The number of nitrogens with two attached hydrogens (primary N) is 1. The zero-order valence-corrected chi connectivity index (χ0v) is 7.10. The van der Waals surface area contributed by atoms with Crippen LogP contribution in [0.25, 0.3) is 0 Å². The fourth-order valence-corrected chi connectivity index (χ4v) is 0.761. The summed E-state index contributed by atoms with van der Waals surface area (Å²) in [6.07, 6.45) is 3.35. The number of hydrogen-bond donors (Lipinski definition) is 1. The Morgan fingerprint density at radius 3 is 2.82 bits per heavy atom. The van der Waals surface area contributed by atoms with Crippen molar-refractivity contribution in [2.24, 2.45) is 5.73 Å². The molecule has 0 unspecified atom stereocenters. The molecule has 1 heterocycles. The SMILES string of the molecule is COc1cnccc1CN.Cl. The maximum Gasteiger partial charge on any atom is 0.141 e. The van der Waals surface area contributed by atoms with Crippen LogP contribution in [-0.2, 0) is 6.54 Å². The Labute approximate surface area is 72.0 Å². The highest BCUT2D eigenvalue weighted by Gasteiger charge is 1.96. The van der Waals surface area contributed by atoms with Crippen LogP contribution in [0.1, 0.15) is 5.56 Å². The third-order valence-electron chi connectivity index (χ3n) is 1.31. The van der Waals surface area contributed by atoms with Crippen molar-refractivity contribution in [2.75, 3.05) is 7.11 Å². The van der Waals surface area contributed by atoms with Gasteiger partial charge in [-0.15, -0.1) is 12.4 Å². The van der Waals surface area contributed by atoms with Gasteiger partial charge in [-0.25, -0.2) is 0 Å². The summed E-state index contributed by atoms with van der Waals surface area (Å²) >= 11 is 0. The molecule has 4 heteroatoms. The third-order valence-corrected chi connectivity index (χ3v) is 1.31. The van der Waals surface area contributed by atoms with Crippen molar-refractivity contribution < 1.29 is 4.74 Å². The summed E-state index contributed by atoms with van der Waals surface area (Å²) in [4.78, 5) is 3.88. The number of nitrogens with zero attached hydrogens (tertiary/aromatic N) is 1. The molecule has 62 valence electrons. The quantitative estimate of drug-likeness (QED) is 0.727. The smallest absolute Gasteiger partial charge is 0.141 e. The van der Waals surface area contributed by atoms with Crippen molar-refractivity contribution in [3.63, 3.8) is 0 Å². The van der Waals surface area contributed by atoms with Crippen molar-refractivity contribution in [2.45, 2.75) is 6.54 Å². The van der Waals surface area contributed by atoms with E-state index in [9.17, 15) is 0 Å². The molecule has 0 amide bonds. The van der Waals surface area contributed by atoms with E-state index in [0.29, 0.717) is 6.54 Å². The van der Waals surface area contributed by atoms with Gasteiger partial charge in [0.1, 0.15) is 5.75 Å². The number of hydrogen-bond acceptors (Lipinski definition) is 3. The number of rotatable bonds is 2. The number of ether oxygens (including phenoxy) is 1. The van der Waals surface area contributed by atoms with Crippen LogP contribution in [0.15, 0.2) is 18.5 Å². The lowest BCUT2D eigenvalue weighted by atomic mass is 10.2. The molecule has 0 radical (unpaired) electrons. The highest BCUT2D eigenvalue weighted by Crippen LogP contribution is 2.13.